The van der Waals surface area contributed by atoms with Crippen LogP contribution in [-0.4, -0.2) is 41.6 Å². The molecule has 2 N–H and O–H groups in total. The second kappa shape index (κ2) is 8.17. The number of nitrogens with one attached hydrogen (secondary N) is 2. The Morgan fingerprint density at radius 2 is 2.03 bits per heavy atom. The van der Waals surface area contributed by atoms with Gasteiger partial charge in [0.2, 0.25) is 0 Å². The normalized spacial score (nSPS) is 19.4. The third kappa shape index (κ3) is 3.82. The summed E-state index contributed by atoms with van der Waals surface area (Å²) in [5.74, 6) is 0.0584. The molecule has 2 atom stereocenters. The highest BCUT2D eigenvalue weighted by Gasteiger charge is 2.30. The number of nitriles is 1. The Labute approximate surface area is 179 Å². The van der Waals surface area contributed by atoms with Crippen LogP contribution >= 0.6 is 0 Å². The number of benzene rings is 1. The topological polar surface area (TPSA) is 130 Å². The summed E-state index contributed by atoms with van der Waals surface area (Å²) in [7, 11) is -3.37. The average Bonchev–Trinajstić information content (AvgIpc) is 3.13. The van der Waals surface area contributed by atoms with Crippen molar-refractivity contribution in [2.24, 2.45) is 5.92 Å². The molecule has 0 bridgehead atoms. The summed E-state index contributed by atoms with van der Waals surface area (Å²) in [5.41, 5.74) is 0.880. The van der Waals surface area contributed by atoms with E-state index in [4.69, 9.17) is 4.74 Å². The number of sulfone groups is 1. The summed E-state index contributed by atoms with van der Waals surface area (Å²) in [4.78, 5) is 15.5. The molecular weight excluding hydrogens is 418 g/mol. The second-order valence-corrected chi connectivity index (χ2v) is 10.3. The molecule has 1 aromatic carbocycles. The third-order valence-electron chi connectivity index (χ3n) is 5.50. The van der Waals surface area contributed by atoms with Crippen molar-refractivity contribution in [3.8, 4) is 6.07 Å². The van der Waals surface area contributed by atoms with Gasteiger partial charge >= 0.3 is 0 Å². The number of H-pyrrole nitrogens is 1. The second-order valence-electron chi connectivity index (χ2n) is 7.77. The van der Waals surface area contributed by atoms with Gasteiger partial charge in [0.05, 0.1) is 40.3 Å². The van der Waals surface area contributed by atoms with Crippen LogP contribution in [0.1, 0.15) is 26.3 Å². The first-order valence-electron chi connectivity index (χ1n) is 10.0. The number of fused-ring (bicyclic) bond motifs is 1. The number of pyridine rings is 1. The van der Waals surface area contributed by atoms with Crippen LogP contribution in [-0.2, 0) is 14.6 Å². The summed E-state index contributed by atoms with van der Waals surface area (Å²) in [5, 5.41) is 17.1. The summed E-state index contributed by atoms with van der Waals surface area (Å²) in [6, 6.07) is 10.1. The zero-order valence-electron chi connectivity index (χ0n) is 17.2. The minimum absolute atomic E-state index is 0.234. The summed E-state index contributed by atoms with van der Waals surface area (Å²) in [6.07, 6.45) is 2.14. The predicted octanol–water partition coefficient (Wildman–Crippen LogP) is 2.75. The molecule has 0 spiro atoms. The molecule has 1 aliphatic rings. The van der Waals surface area contributed by atoms with Gasteiger partial charge < -0.3 is 15.0 Å². The minimum atomic E-state index is -3.37. The molecule has 0 aliphatic carbocycles. The van der Waals surface area contributed by atoms with Crippen LogP contribution in [0.2, 0.25) is 0 Å². The molecular formula is C21H23N5O4S. The predicted molar refractivity (Wildman–Crippen MR) is 116 cm³/mol. The van der Waals surface area contributed by atoms with Crippen molar-refractivity contribution in [1.29, 1.82) is 5.26 Å². The van der Waals surface area contributed by atoms with E-state index in [2.05, 4.69) is 21.5 Å². The third-order valence-corrected chi connectivity index (χ3v) is 7.67. The van der Waals surface area contributed by atoms with E-state index in [1.807, 2.05) is 0 Å². The maximum Gasteiger partial charge on any atom is 0.261 e. The van der Waals surface area contributed by atoms with Crippen molar-refractivity contribution in [3.63, 3.8) is 0 Å². The Bertz CT molecular complexity index is 1300. The highest BCUT2D eigenvalue weighted by atomic mass is 32.2. The molecule has 162 valence electrons. The Balaban J connectivity index is 1.74. The van der Waals surface area contributed by atoms with Gasteiger partial charge in [-0.15, -0.1) is 0 Å². The summed E-state index contributed by atoms with van der Waals surface area (Å²) in [6.45, 7) is 4.13. The van der Waals surface area contributed by atoms with Gasteiger partial charge in [-0.05, 0) is 50.6 Å². The number of hydrogen-bond donors (Lipinski definition) is 2. The van der Waals surface area contributed by atoms with Gasteiger partial charge in [-0.2, -0.15) is 10.4 Å². The average molecular weight is 442 g/mol. The Hall–Kier alpha value is -3.16. The van der Waals surface area contributed by atoms with Crippen LogP contribution in [0.15, 0.2) is 46.2 Å². The van der Waals surface area contributed by atoms with Gasteiger partial charge in [0.1, 0.15) is 5.39 Å². The van der Waals surface area contributed by atoms with Crippen molar-refractivity contribution >= 4 is 32.2 Å². The fourth-order valence-electron chi connectivity index (χ4n) is 3.69. The van der Waals surface area contributed by atoms with Crippen LogP contribution in [0.25, 0.3) is 10.9 Å². The lowest BCUT2D eigenvalue weighted by molar-refractivity contribution is 0.0359. The molecule has 1 aliphatic heterocycles. The largest absolute Gasteiger partial charge is 0.379 e. The molecule has 2 aromatic heterocycles. The number of aromatic nitrogens is 3. The van der Waals surface area contributed by atoms with Gasteiger partial charge in [0, 0.05) is 18.5 Å². The van der Waals surface area contributed by atoms with Crippen molar-refractivity contribution in [2.75, 3.05) is 18.5 Å². The van der Waals surface area contributed by atoms with Crippen LogP contribution in [0.5, 0.6) is 0 Å². The first-order chi connectivity index (χ1) is 14.8. The number of rotatable bonds is 5. The molecule has 1 unspecified atom stereocenters. The zero-order chi connectivity index (χ0) is 22.2. The van der Waals surface area contributed by atoms with Crippen LogP contribution < -0.4 is 10.9 Å². The van der Waals surface area contributed by atoms with Gasteiger partial charge in [-0.25, -0.2) is 8.42 Å². The summed E-state index contributed by atoms with van der Waals surface area (Å²) < 4.78 is 31.9. The maximum absolute atomic E-state index is 12.6. The smallest absolute Gasteiger partial charge is 0.261 e. The van der Waals surface area contributed by atoms with E-state index in [9.17, 15) is 18.5 Å². The molecule has 9 nitrogen and oxygen atoms in total. The van der Waals surface area contributed by atoms with Gasteiger partial charge in [-0.1, -0.05) is 0 Å². The lowest BCUT2D eigenvalue weighted by atomic mass is 9.96. The van der Waals surface area contributed by atoms with E-state index in [1.165, 1.54) is 12.1 Å². The number of ether oxygens (including phenoxy) is 1. The van der Waals surface area contributed by atoms with Crippen molar-refractivity contribution < 1.29 is 13.2 Å². The van der Waals surface area contributed by atoms with Crippen LogP contribution in [0.4, 0.5) is 11.5 Å². The molecule has 3 aromatic rings. The summed E-state index contributed by atoms with van der Waals surface area (Å²) >= 11 is 0. The Morgan fingerprint density at radius 3 is 2.71 bits per heavy atom. The fourth-order valence-corrected chi connectivity index (χ4v) is 4.75. The zero-order valence-corrected chi connectivity index (χ0v) is 18.0. The first kappa shape index (κ1) is 21.1. The van der Waals surface area contributed by atoms with Gasteiger partial charge in [-0.3, -0.25) is 9.48 Å². The monoisotopic (exact) mass is 441 g/mol. The first-order valence-corrected chi connectivity index (χ1v) is 11.6. The van der Waals surface area contributed by atoms with Crippen molar-refractivity contribution in [1.82, 2.24) is 14.8 Å². The number of hydrogen-bond acceptors (Lipinski definition) is 7. The highest BCUT2D eigenvalue weighted by molar-refractivity contribution is 7.92. The maximum atomic E-state index is 12.6. The van der Waals surface area contributed by atoms with E-state index in [0.717, 1.165) is 0 Å². The molecule has 0 saturated carbocycles. The van der Waals surface area contributed by atoms with Gasteiger partial charge in [0.15, 0.2) is 15.7 Å². The minimum Gasteiger partial charge on any atom is -0.379 e. The highest BCUT2D eigenvalue weighted by Crippen LogP contribution is 2.32. The number of nitrogens with zero attached hydrogens (tertiary/aromatic N) is 3. The van der Waals surface area contributed by atoms with E-state index >= 15 is 0 Å². The molecule has 4 rings (SSSR count). The fraction of sp³-hybridized carbons (Fsp3) is 0.381. The SMILES string of the molecule is CC(C)S(=O)(=O)c1ccc(Nc2nn([C@H]3COCCC3C#N)c3cc[nH]c(=O)c23)cc1. The Kier molecular flexibility index (Phi) is 5.56. The quantitative estimate of drug-likeness (QED) is 0.622. The van der Waals surface area contributed by atoms with Crippen molar-refractivity contribution in [3.05, 3.63) is 46.9 Å². The number of anilines is 2. The molecule has 0 amide bonds. The van der Waals surface area contributed by atoms with E-state index in [1.54, 1.807) is 42.9 Å². The molecule has 1 saturated heterocycles. The standard InChI is InChI=1S/C21H23N5O4S/c1-13(2)31(28,29)16-5-3-15(4-6-16)24-20-19-17(7-9-23-21(19)27)26(25-20)18-12-30-10-8-14(18)11-22/h3-7,9,13-14,18H,8,10,12H2,1-2H3,(H,23,27)(H,24,25)/t14?,18-/m0/s1. The van der Waals surface area contributed by atoms with E-state index in [-0.39, 0.29) is 22.4 Å². The molecule has 10 heteroatoms. The Morgan fingerprint density at radius 1 is 1.29 bits per heavy atom. The molecule has 0 radical (unpaired) electrons. The number of aromatic amines is 1. The van der Waals surface area contributed by atoms with Gasteiger partial charge in [0.25, 0.3) is 5.56 Å². The molecule has 1 fully saturated rings. The lowest BCUT2D eigenvalue weighted by Gasteiger charge is -2.27. The molecule has 31 heavy (non-hydrogen) atoms. The molecule has 3 heterocycles. The van der Waals surface area contributed by atoms with Crippen molar-refractivity contribution in [2.45, 2.75) is 36.5 Å². The van der Waals surface area contributed by atoms with Crippen LogP contribution in [0.3, 0.4) is 0 Å². The van der Waals surface area contributed by atoms with E-state index < -0.39 is 15.1 Å². The lowest BCUT2D eigenvalue weighted by Crippen LogP contribution is -2.30. The van der Waals surface area contributed by atoms with Crippen LogP contribution in [0, 0.1) is 17.2 Å². The van der Waals surface area contributed by atoms with E-state index in [0.29, 0.717) is 42.0 Å².